The van der Waals surface area contributed by atoms with Gasteiger partial charge < -0.3 is 4.74 Å². The normalized spacial score (nSPS) is 24.5. The van der Waals surface area contributed by atoms with E-state index in [1.54, 1.807) is 12.1 Å². The topological polar surface area (TPSA) is 52.1 Å². The average Bonchev–Trinajstić information content (AvgIpc) is 3.10. The summed E-state index contributed by atoms with van der Waals surface area (Å²) in [6, 6.07) is 15.2. The molecule has 7 heteroatoms. The van der Waals surface area contributed by atoms with Gasteiger partial charge in [-0.1, -0.05) is 74.3 Å². The Labute approximate surface area is 215 Å². The Morgan fingerprint density at radius 1 is 0.941 bits per heavy atom. The SMILES string of the molecule is CC12CCC(C(=O)Oc3ccc4ccccc4c3Br)(c3nc4cc(Cl)c(Cl)cc4nc31)C2(C)C. The van der Waals surface area contributed by atoms with Gasteiger partial charge in [0.1, 0.15) is 11.2 Å². The molecule has 34 heavy (non-hydrogen) atoms. The number of fused-ring (bicyclic) bond motifs is 7. The summed E-state index contributed by atoms with van der Waals surface area (Å²) in [6.07, 6.45) is 1.47. The average molecular weight is 556 g/mol. The number of halogens is 3. The van der Waals surface area contributed by atoms with Crippen LogP contribution in [0.25, 0.3) is 21.8 Å². The molecule has 0 aliphatic heterocycles. The van der Waals surface area contributed by atoms with E-state index in [2.05, 4.69) is 36.7 Å². The van der Waals surface area contributed by atoms with Crippen molar-refractivity contribution < 1.29 is 9.53 Å². The van der Waals surface area contributed by atoms with E-state index in [-0.39, 0.29) is 11.4 Å². The smallest absolute Gasteiger partial charge is 0.324 e. The minimum Gasteiger partial charge on any atom is -0.425 e. The van der Waals surface area contributed by atoms with Gasteiger partial charge in [0.15, 0.2) is 0 Å². The molecule has 0 amide bonds. The Hall–Kier alpha value is -2.21. The molecule has 4 aromatic rings. The van der Waals surface area contributed by atoms with Crippen molar-refractivity contribution in [2.75, 3.05) is 0 Å². The van der Waals surface area contributed by atoms with Crippen molar-refractivity contribution in [3.05, 3.63) is 74.4 Å². The highest BCUT2D eigenvalue weighted by atomic mass is 79.9. The Morgan fingerprint density at radius 2 is 1.59 bits per heavy atom. The first-order valence-electron chi connectivity index (χ1n) is 11.2. The molecular formula is C27H21BrCl2N2O2. The predicted octanol–water partition coefficient (Wildman–Crippen LogP) is 7.79. The summed E-state index contributed by atoms with van der Waals surface area (Å²) in [6.45, 7) is 6.44. The number of rotatable bonds is 2. The van der Waals surface area contributed by atoms with Crippen LogP contribution in [-0.2, 0) is 15.6 Å². The maximum Gasteiger partial charge on any atom is 0.324 e. The number of ether oxygens (including phenoxy) is 1. The molecule has 172 valence electrons. The van der Waals surface area contributed by atoms with Crippen LogP contribution in [0.1, 0.15) is 45.0 Å². The summed E-state index contributed by atoms with van der Waals surface area (Å²) in [5.41, 5.74) is 1.15. The predicted molar refractivity (Wildman–Crippen MR) is 139 cm³/mol. The first-order chi connectivity index (χ1) is 16.1. The van der Waals surface area contributed by atoms with Crippen LogP contribution in [0.2, 0.25) is 10.0 Å². The molecule has 2 aliphatic rings. The molecule has 4 nitrogen and oxygen atoms in total. The van der Waals surface area contributed by atoms with Gasteiger partial charge >= 0.3 is 5.97 Å². The number of esters is 1. The van der Waals surface area contributed by atoms with Gasteiger partial charge in [-0.25, -0.2) is 9.97 Å². The van der Waals surface area contributed by atoms with E-state index in [4.69, 9.17) is 37.9 Å². The van der Waals surface area contributed by atoms with Gasteiger partial charge in [0.05, 0.1) is 36.9 Å². The van der Waals surface area contributed by atoms with Crippen LogP contribution in [0, 0.1) is 5.41 Å². The molecule has 1 heterocycles. The summed E-state index contributed by atoms with van der Waals surface area (Å²) >= 11 is 16.2. The standard InChI is InChI=1S/C27H21BrCl2N2O2/c1-25(2)26(3)10-11-27(25,23-22(26)31-18-12-16(29)17(30)13-19(18)32-23)24(33)34-20-9-8-14-6-4-5-7-15(14)21(20)28/h4-9,12-13H,10-11H2,1-3H3. The third kappa shape index (κ3) is 2.64. The fourth-order valence-electron chi connectivity index (χ4n) is 6.03. The second-order valence-electron chi connectivity index (χ2n) is 10.0. The third-order valence-corrected chi connectivity index (χ3v) is 10.00. The summed E-state index contributed by atoms with van der Waals surface area (Å²) in [5, 5.41) is 2.91. The number of aromatic nitrogens is 2. The number of benzene rings is 3. The summed E-state index contributed by atoms with van der Waals surface area (Å²) < 4.78 is 6.91. The van der Waals surface area contributed by atoms with Crippen LogP contribution in [0.5, 0.6) is 5.75 Å². The van der Waals surface area contributed by atoms with Gasteiger partial charge in [-0.2, -0.15) is 0 Å². The first-order valence-corrected chi connectivity index (χ1v) is 12.7. The summed E-state index contributed by atoms with van der Waals surface area (Å²) in [4.78, 5) is 24.1. The van der Waals surface area contributed by atoms with Crippen molar-refractivity contribution in [2.45, 2.75) is 44.4 Å². The minimum absolute atomic E-state index is 0.301. The fourth-order valence-corrected chi connectivity index (χ4v) is 6.92. The molecule has 0 saturated heterocycles. The Morgan fingerprint density at radius 3 is 2.29 bits per heavy atom. The lowest BCUT2D eigenvalue weighted by atomic mass is 9.64. The molecule has 1 fully saturated rings. The molecule has 0 radical (unpaired) electrons. The largest absolute Gasteiger partial charge is 0.425 e. The van der Waals surface area contributed by atoms with Gasteiger partial charge in [0, 0.05) is 5.41 Å². The van der Waals surface area contributed by atoms with Crippen LogP contribution in [0.15, 0.2) is 53.0 Å². The minimum atomic E-state index is -0.921. The Balaban J connectivity index is 1.52. The molecule has 2 aliphatic carbocycles. The fraction of sp³-hybridized carbons (Fsp3) is 0.296. The number of carbonyl (C=O) groups is 1. The highest BCUT2D eigenvalue weighted by Crippen LogP contribution is 2.70. The number of nitrogens with zero attached hydrogens (tertiary/aromatic N) is 2. The van der Waals surface area contributed by atoms with E-state index in [0.29, 0.717) is 38.9 Å². The molecule has 3 aromatic carbocycles. The lowest BCUT2D eigenvalue weighted by Gasteiger charge is -2.38. The van der Waals surface area contributed by atoms with E-state index in [9.17, 15) is 4.79 Å². The number of hydrogen-bond acceptors (Lipinski definition) is 4. The van der Waals surface area contributed by atoms with Crippen molar-refractivity contribution in [1.82, 2.24) is 9.97 Å². The zero-order chi connectivity index (χ0) is 24.0. The van der Waals surface area contributed by atoms with Crippen LogP contribution >= 0.6 is 39.1 Å². The van der Waals surface area contributed by atoms with Crippen LogP contribution in [0.3, 0.4) is 0 Å². The molecule has 2 unspecified atom stereocenters. The molecule has 1 aromatic heterocycles. The van der Waals surface area contributed by atoms with E-state index >= 15 is 0 Å². The van der Waals surface area contributed by atoms with Crippen molar-refractivity contribution >= 4 is 66.9 Å². The molecule has 6 rings (SSSR count). The molecular weight excluding hydrogens is 535 g/mol. The van der Waals surface area contributed by atoms with Gasteiger partial charge in [-0.05, 0) is 63.2 Å². The highest BCUT2D eigenvalue weighted by Gasteiger charge is 2.74. The van der Waals surface area contributed by atoms with Crippen molar-refractivity contribution in [3.63, 3.8) is 0 Å². The monoisotopic (exact) mass is 554 g/mol. The summed E-state index contributed by atoms with van der Waals surface area (Å²) in [5.74, 6) is 0.198. The lowest BCUT2D eigenvalue weighted by Crippen LogP contribution is -2.48. The second kappa shape index (κ2) is 7.16. The third-order valence-electron chi connectivity index (χ3n) is 8.46. The zero-order valence-electron chi connectivity index (χ0n) is 18.9. The van der Waals surface area contributed by atoms with Gasteiger partial charge in [0.25, 0.3) is 0 Å². The van der Waals surface area contributed by atoms with E-state index in [1.807, 2.05) is 36.4 Å². The molecule has 1 saturated carbocycles. The Bertz CT molecular complexity index is 1550. The molecule has 0 N–H and O–H groups in total. The van der Waals surface area contributed by atoms with E-state index in [1.165, 1.54) is 0 Å². The van der Waals surface area contributed by atoms with Gasteiger partial charge in [-0.15, -0.1) is 0 Å². The summed E-state index contributed by atoms with van der Waals surface area (Å²) in [7, 11) is 0. The Kier molecular flexibility index (Phi) is 4.69. The lowest BCUT2D eigenvalue weighted by molar-refractivity contribution is -0.145. The second-order valence-corrected chi connectivity index (χ2v) is 11.6. The van der Waals surface area contributed by atoms with Crippen molar-refractivity contribution in [2.24, 2.45) is 5.41 Å². The van der Waals surface area contributed by atoms with Crippen LogP contribution in [0.4, 0.5) is 0 Å². The van der Waals surface area contributed by atoms with Crippen molar-refractivity contribution in [3.8, 4) is 5.75 Å². The van der Waals surface area contributed by atoms with Crippen LogP contribution < -0.4 is 4.74 Å². The zero-order valence-corrected chi connectivity index (χ0v) is 22.0. The van der Waals surface area contributed by atoms with Crippen molar-refractivity contribution in [1.29, 1.82) is 0 Å². The number of hydrogen-bond donors (Lipinski definition) is 0. The van der Waals surface area contributed by atoms with E-state index < -0.39 is 10.8 Å². The molecule has 2 bridgehead atoms. The van der Waals surface area contributed by atoms with E-state index in [0.717, 1.165) is 27.4 Å². The molecule has 2 atom stereocenters. The van der Waals surface area contributed by atoms with Crippen LogP contribution in [-0.4, -0.2) is 15.9 Å². The van der Waals surface area contributed by atoms with Gasteiger partial charge in [-0.3, -0.25) is 4.79 Å². The van der Waals surface area contributed by atoms with Gasteiger partial charge in [0.2, 0.25) is 0 Å². The number of carbonyl (C=O) groups excluding carboxylic acids is 1. The maximum atomic E-state index is 14.1. The molecule has 0 spiro atoms. The highest BCUT2D eigenvalue weighted by molar-refractivity contribution is 9.10. The quantitative estimate of drug-likeness (QED) is 0.187. The first kappa shape index (κ1) is 22.3. The maximum absolute atomic E-state index is 14.1.